The van der Waals surface area contributed by atoms with E-state index in [1.165, 1.54) is 0 Å². The Morgan fingerprint density at radius 3 is 1.93 bits per heavy atom. The van der Waals surface area contributed by atoms with Crippen LogP contribution in [-0.4, -0.2) is 22.9 Å². The van der Waals surface area contributed by atoms with E-state index in [-0.39, 0.29) is 6.10 Å². The quantitative estimate of drug-likeness (QED) is 0.635. The van der Waals surface area contributed by atoms with Crippen LogP contribution in [0.1, 0.15) is 52.9 Å². The highest BCUT2D eigenvalue weighted by Gasteiger charge is 2.15. The Bertz CT molecular complexity index is 123. The lowest BCUT2D eigenvalue weighted by Crippen LogP contribution is -2.14. The van der Waals surface area contributed by atoms with Crippen LogP contribution in [0.2, 0.25) is 0 Å². The number of hydrogen-bond acceptors (Lipinski definition) is 2. The van der Waals surface area contributed by atoms with E-state index in [4.69, 9.17) is 5.11 Å². The topological polar surface area (TPSA) is 40.5 Å². The zero-order valence-electron chi connectivity index (χ0n) is 9.87. The molecule has 2 nitrogen and oxygen atoms in total. The second-order valence-electron chi connectivity index (χ2n) is 4.38. The van der Waals surface area contributed by atoms with E-state index in [9.17, 15) is 5.11 Å². The Kier molecular flexibility index (Phi) is 8.20. The van der Waals surface area contributed by atoms with Crippen molar-refractivity contribution in [1.29, 1.82) is 0 Å². The maximum absolute atomic E-state index is 9.32. The zero-order valence-corrected chi connectivity index (χ0v) is 9.87. The highest BCUT2D eigenvalue weighted by molar-refractivity contribution is 4.67. The van der Waals surface area contributed by atoms with Crippen molar-refractivity contribution in [3.63, 3.8) is 0 Å². The average molecular weight is 202 g/mol. The van der Waals surface area contributed by atoms with Gasteiger partial charge in [-0.25, -0.2) is 0 Å². The summed E-state index contributed by atoms with van der Waals surface area (Å²) in [5.74, 6) is 1.25. The van der Waals surface area contributed by atoms with E-state index in [0.717, 1.165) is 32.1 Å². The maximum Gasteiger partial charge on any atom is 0.0514 e. The molecular weight excluding hydrogens is 176 g/mol. The summed E-state index contributed by atoms with van der Waals surface area (Å²) in [4.78, 5) is 0. The standard InChI is InChI=1S/C12H26O2/c1-4-11(6-7-13)9-12(5-2)8-10(3)14/h10-14H,4-9H2,1-3H3. The van der Waals surface area contributed by atoms with Crippen LogP contribution in [-0.2, 0) is 0 Å². The van der Waals surface area contributed by atoms with Crippen LogP contribution in [0, 0.1) is 11.8 Å². The van der Waals surface area contributed by atoms with E-state index in [1.807, 2.05) is 6.92 Å². The van der Waals surface area contributed by atoms with Crippen molar-refractivity contribution in [2.45, 2.75) is 59.0 Å². The molecule has 2 heteroatoms. The predicted octanol–water partition coefficient (Wildman–Crippen LogP) is 2.58. The molecule has 0 aliphatic rings. The summed E-state index contributed by atoms with van der Waals surface area (Å²) in [5, 5.41) is 18.2. The van der Waals surface area contributed by atoms with Crippen LogP contribution in [0.4, 0.5) is 0 Å². The van der Waals surface area contributed by atoms with Crippen molar-refractivity contribution in [3.8, 4) is 0 Å². The molecule has 0 saturated carbocycles. The molecule has 0 aromatic heterocycles. The average Bonchev–Trinajstić information content (AvgIpc) is 2.15. The molecule has 3 unspecified atom stereocenters. The first-order valence-electron chi connectivity index (χ1n) is 5.92. The van der Waals surface area contributed by atoms with E-state index in [0.29, 0.717) is 18.4 Å². The smallest absolute Gasteiger partial charge is 0.0514 e. The van der Waals surface area contributed by atoms with Gasteiger partial charge in [0.15, 0.2) is 0 Å². The summed E-state index contributed by atoms with van der Waals surface area (Å²) in [6, 6.07) is 0. The molecule has 0 fully saturated rings. The number of aliphatic hydroxyl groups is 2. The molecule has 3 atom stereocenters. The molecular formula is C12H26O2. The van der Waals surface area contributed by atoms with E-state index in [2.05, 4.69) is 13.8 Å². The second-order valence-corrected chi connectivity index (χ2v) is 4.38. The first-order chi connectivity index (χ1) is 6.63. The SMILES string of the molecule is CCC(CCO)CC(CC)CC(C)O. The fourth-order valence-electron chi connectivity index (χ4n) is 2.05. The van der Waals surface area contributed by atoms with Crippen LogP contribution >= 0.6 is 0 Å². The molecule has 0 aromatic rings. The summed E-state index contributed by atoms with van der Waals surface area (Å²) in [5.41, 5.74) is 0. The van der Waals surface area contributed by atoms with Gasteiger partial charge in [0.25, 0.3) is 0 Å². The lowest BCUT2D eigenvalue weighted by molar-refractivity contribution is 0.144. The summed E-state index contributed by atoms with van der Waals surface area (Å²) in [6.45, 7) is 6.51. The van der Waals surface area contributed by atoms with E-state index >= 15 is 0 Å². The van der Waals surface area contributed by atoms with Crippen LogP contribution in [0.25, 0.3) is 0 Å². The van der Waals surface area contributed by atoms with Gasteiger partial charge in [0.2, 0.25) is 0 Å². The molecule has 2 N–H and O–H groups in total. The minimum atomic E-state index is -0.188. The highest BCUT2D eigenvalue weighted by Crippen LogP contribution is 2.24. The zero-order chi connectivity index (χ0) is 11.0. The molecule has 0 heterocycles. The first-order valence-corrected chi connectivity index (χ1v) is 5.92. The molecule has 0 aromatic carbocycles. The highest BCUT2D eigenvalue weighted by atomic mass is 16.3. The van der Waals surface area contributed by atoms with Gasteiger partial charge in [-0.05, 0) is 38.0 Å². The van der Waals surface area contributed by atoms with Crippen LogP contribution in [0.5, 0.6) is 0 Å². The van der Waals surface area contributed by atoms with Gasteiger partial charge in [0.1, 0.15) is 0 Å². The third kappa shape index (κ3) is 6.39. The Hall–Kier alpha value is -0.0800. The molecule has 0 rings (SSSR count). The van der Waals surface area contributed by atoms with Crippen molar-refractivity contribution < 1.29 is 10.2 Å². The second kappa shape index (κ2) is 8.25. The third-order valence-electron chi connectivity index (χ3n) is 3.03. The van der Waals surface area contributed by atoms with Gasteiger partial charge in [-0.15, -0.1) is 0 Å². The molecule has 0 bridgehead atoms. The van der Waals surface area contributed by atoms with Crippen molar-refractivity contribution in [1.82, 2.24) is 0 Å². The van der Waals surface area contributed by atoms with Crippen molar-refractivity contribution in [2.24, 2.45) is 11.8 Å². The predicted molar refractivity (Wildman–Crippen MR) is 60.2 cm³/mol. The molecule has 0 aliphatic heterocycles. The molecule has 86 valence electrons. The molecule has 0 spiro atoms. The van der Waals surface area contributed by atoms with Crippen LogP contribution in [0.15, 0.2) is 0 Å². The largest absolute Gasteiger partial charge is 0.396 e. The normalized spacial score (nSPS) is 17.8. The summed E-state index contributed by atoms with van der Waals surface area (Å²) in [7, 11) is 0. The minimum absolute atomic E-state index is 0.188. The van der Waals surface area contributed by atoms with Gasteiger partial charge in [0.05, 0.1) is 6.10 Å². The molecule has 0 saturated heterocycles. The number of hydrogen-bond donors (Lipinski definition) is 2. The lowest BCUT2D eigenvalue weighted by atomic mass is 9.86. The van der Waals surface area contributed by atoms with Crippen LogP contribution in [0.3, 0.4) is 0 Å². The Labute approximate surface area is 88.3 Å². The molecule has 0 amide bonds. The van der Waals surface area contributed by atoms with Gasteiger partial charge < -0.3 is 10.2 Å². The van der Waals surface area contributed by atoms with Crippen molar-refractivity contribution in [3.05, 3.63) is 0 Å². The van der Waals surface area contributed by atoms with E-state index < -0.39 is 0 Å². The van der Waals surface area contributed by atoms with Gasteiger partial charge in [-0.1, -0.05) is 26.7 Å². The maximum atomic E-state index is 9.32. The molecule has 0 aliphatic carbocycles. The number of rotatable bonds is 8. The van der Waals surface area contributed by atoms with Gasteiger partial charge in [-0.3, -0.25) is 0 Å². The first kappa shape index (κ1) is 13.9. The molecule has 0 radical (unpaired) electrons. The fraction of sp³-hybridized carbons (Fsp3) is 1.00. The fourth-order valence-corrected chi connectivity index (χ4v) is 2.05. The summed E-state index contributed by atoms with van der Waals surface area (Å²) >= 11 is 0. The van der Waals surface area contributed by atoms with Gasteiger partial charge in [0, 0.05) is 6.61 Å². The summed E-state index contributed by atoms with van der Waals surface area (Å²) in [6.07, 6.45) is 5.04. The number of aliphatic hydroxyl groups excluding tert-OH is 2. The Morgan fingerprint density at radius 2 is 1.57 bits per heavy atom. The van der Waals surface area contributed by atoms with Crippen LogP contribution < -0.4 is 0 Å². The monoisotopic (exact) mass is 202 g/mol. The molecule has 14 heavy (non-hydrogen) atoms. The minimum Gasteiger partial charge on any atom is -0.396 e. The lowest BCUT2D eigenvalue weighted by Gasteiger charge is -2.22. The summed E-state index contributed by atoms with van der Waals surface area (Å²) < 4.78 is 0. The Balaban J connectivity index is 3.87. The van der Waals surface area contributed by atoms with Gasteiger partial charge >= 0.3 is 0 Å². The van der Waals surface area contributed by atoms with E-state index in [1.54, 1.807) is 0 Å². The Morgan fingerprint density at radius 1 is 1.00 bits per heavy atom. The van der Waals surface area contributed by atoms with Gasteiger partial charge in [-0.2, -0.15) is 0 Å². The third-order valence-corrected chi connectivity index (χ3v) is 3.03. The van der Waals surface area contributed by atoms with Crippen molar-refractivity contribution >= 4 is 0 Å². The van der Waals surface area contributed by atoms with Crippen molar-refractivity contribution in [2.75, 3.05) is 6.61 Å².